The fraction of sp³-hybridized carbons (Fsp3) is 0.0952. The van der Waals surface area contributed by atoms with E-state index in [0.717, 1.165) is 10.4 Å². The number of aromatic nitrogens is 5. The average molecular weight is 498 g/mol. The molecule has 0 unspecified atom stereocenters. The van der Waals surface area contributed by atoms with Gasteiger partial charge in [-0.15, -0.1) is 22.7 Å². The molecule has 0 bridgehead atoms. The first-order valence-electron chi connectivity index (χ1n) is 9.66. The van der Waals surface area contributed by atoms with Gasteiger partial charge in [-0.3, -0.25) is 9.36 Å². The number of nitrogens with zero attached hydrogens (tertiary/aromatic N) is 5. The highest BCUT2D eigenvalue weighted by Crippen LogP contribution is 2.34. The molecule has 12 heteroatoms. The molecular formula is C21H16FN7OS3. The molecule has 0 saturated heterocycles. The van der Waals surface area contributed by atoms with Gasteiger partial charge in [-0.05, 0) is 35.7 Å². The highest BCUT2D eigenvalue weighted by molar-refractivity contribution is 7.98. The third kappa shape index (κ3) is 4.45. The molecule has 4 heterocycles. The third-order valence-electron chi connectivity index (χ3n) is 4.69. The van der Waals surface area contributed by atoms with Crippen LogP contribution in [0, 0.1) is 5.82 Å². The number of nitrogen functional groups attached to an aromatic ring is 1. The molecule has 4 aromatic heterocycles. The monoisotopic (exact) mass is 497 g/mol. The van der Waals surface area contributed by atoms with E-state index >= 15 is 0 Å². The van der Waals surface area contributed by atoms with Crippen molar-refractivity contribution in [2.75, 3.05) is 11.1 Å². The average Bonchev–Trinajstić information content (AvgIpc) is 3.46. The Morgan fingerprint density at radius 1 is 1.12 bits per heavy atom. The van der Waals surface area contributed by atoms with Crippen LogP contribution in [0.25, 0.3) is 20.7 Å². The lowest BCUT2D eigenvalue weighted by Gasteiger charge is -2.09. The van der Waals surface area contributed by atoms with Crippen molar-refractivity contribution in [2.45, 2.75) is 10.9 Å². The number of nitrogens with two attached hydrogens (primary N) is 1. The normalized spacial score (nSPS) is 11.2. The lowest BCUT2D eigenvalue weighted by molar-refractivity contribution is 0.628. The van der Waals surface area contributed by atoms with Crippen molar-refractivity contribution in [3.63, 3.8) is 0 Å². The zero-order valence-electron chi connectivity index (χ0n) is 17.2. The van der Waals surface area contributed by atoms with Crippen molar-refractivity contribution in [1.82, 2.24) is 24.5 Å². The first-order chi connectivity index (χ1) is 16.0. The summed E-state index contributed by atoms with van der Waals surface area (Å²) >= 11 is 4.38. The summed E-state index contributed by atoms with van der Waals surface area (Å²) in [5, 5.41) is 8.13. The van der Waals surface area contributed by atoms with Crippen LogP contribution in [0.2, 0.25) is 0 Å². The van der Waals surface area contributed by atoms with Gasteiger partial charge in [-0.25, -0.2) is 9.37 Å². The minimum Gasteiger partial charge on any atom is -0.368 e. The summed E-state index contributed by atoms with van der Waals surface area (Å²) in [6, 6.07) is 9.78. The second-order valence-electron chi connectivity index (χ2n) is 6.92. The second-order valence-corrected chi connectivity index (χ2v) is 9.67. The predicted molar refractivity (Wildman–Crippen MR) is 132 cm³/mol. The minimum absolute atomic E-state index is 0.0568. The quantitative estimate of drug-likeness (QED) is 0.257. The van der Waals surface area contributed by atoms with E-state index in [9.17, 15) is 9.18 Å². The number of rotatable bonds is 6. The summed E-state index contributed by atoms with van der Waals surface area (Å²) in [4.78, 5) is 32.2. The first-order valence-corrected chi connectivity index (χ1v) is 12.4. The number of benzene rings is 1. The third-order valence-corrected chi connectivity index (χ3v) is 7.49. The maximum atomic E-state index is 13.1. The molecule has 3 N–H and O–H groups in total. The van der Waals surface area contributed by atoms with E-state index in [0.29, 0.717) is 32.6 Å². The second kappa shape index (κ2) is 8.89. The molecule has 0 amide bonds. The number of thiophene rings is 2. The lowest BCUT2D eigenvalue weighted by Crippen LogP contribution is -2.19. The van der Waals surface area contributed by atoms with Crippen molar-refractivity contribution in [3.05, 3.63) is 69.2 Å². The van der Waals surface area contributed by atoms with Crippen LogP contribution in [0.4, 0.5) is 22.0 Å². The molecule has 0 spiro atoms. The van der Waals surface area contributed by atoms with Crippen LogP contribution in [0.1, 0.15) is 5.82 Å². The largest absolute Gasteiger partial charge is 0.368 e. The number of hydrogen-bond acceptors (Lipinski definition) is 10. The maximum absolute atomic E-state index is 13.1. The Kier molecular flexibility index (Phi) is 5.79. The molecule has 5 rings (SSSR count). The smallest absolute Gasteiger partial charge is 0.263 e. The standard InChI is InChI=1S/C21H16FN7OS3/c1-29-18(30)16-13(14-3-2-8-31-14)9-32-17(16)27-21(29)33-10-15-25-19(23)28-20(26-15)24-12-6-4-11(22)5-7-12/h2-9H,10H2,1H3,(H3,23,24,25,26,28). The highest BCUT2D eigenvalue weighted by Gasteiger charge is 2.17. The summed E-state index contributed by atoms with van der Waals surface area (Å²) < 4.78 is 14.7. The fourth-order valence-electron chi connectivity index (χ4n) is 3.15. The topological polar surface area (TPSA) is 112 Å². The molecule has 0 aliphatic carbocycles. The van der Waals surface area contributed by atoms with Crippen LogP contribution in [0.3, 0.4) is 0 Å². The Hall–Kier alpha value is -3.35. The molecular weight excluding hydrogens is 481 g/mol. The van der Waals surface area contributed by atoms with Crippen LogP contribution in [0.15, 0.2) is 57.1 Å². The van der Waals surface area contributed by atoms with E-state index in [4.69, 9.17) is 10.7 Å². The van der Waals surface area contributed by atoms with E-state index in [1.807, 2.05) is 22.9 Å². The van der Waals surface area contributed by atoms with Gasteiger partial charge in [0.05, 0.1) is 11.1 Å². The molecule has 1 aromatic carbocycles. The number of hydrogen-bond donors (Lipinski definition) is 2. The van der Waals surface area contributed by atoms with Gasteiger partial charge < -0.3 is 11.1 Å². The van der Waals surface area contributed by atoms with Crippen molar-refractivity contribution >= 4 is 62.2 Å². The van der Waals surface area contributed by atoms with Crippen LogP contribution in [-0.2, 0) is 12.8 Å². The van der Waals surface area contributed by atoms with E-state index in [-0.39, 0.29) is 23.3 Å². The van der Waals surface area contributed by atoms with E-state index < -0.39 is 0 Å². The Balaban J connectivity index is 1.39. The van der Waals surface area contributed by atoms with Crippen molar-refractivity contribution in [2.24, 2.45) is 7.05 Å². The SMILES string of the molecule is Cn1c(SCc2nc(N)nc(Nc3ccc(F)cc3)n2)nc2scc(-c3cccs3)c2c1=O. The summed E-state index contributed by atoms with van der Waals surface area (Å²) in [5.41, 5.74) is 7.28. The molecule has 0 aliphatic heterocycles. The number of anilines is 3. The van der Waals surface area contributed by atoms with Gasteiger partial charge in [0.2, 0.25) is 11.9 Å². The van der Waals surface area contributed by atoms with Crippen molar-refractivity contribution in [1.29, 1.82) is 0 Å². The van der Waals surface area contributed by atoms with Gasteiger partial charge in [-0.2, -0.15) is 15.0 Å². The van der Waals surface area contributed by atoms with Crippen LogP contribution in [-0.4, -0.2) is 24.5 Å². The van der Waals surface area contributed by atoms with Crippen molar-refractivity contribution < 1.29 is 4.39 Å². The molecule has 0 radical (unpaired) electrons. The number of fused-ring (bicyclic) bond motifs is 1. The summed E-state index contributed by atoms with van der Waals surface area (Å²) in [5.74, 6) is 0.731. The molecule has 0 fully saturated rings. The molecule has 166 valence electrons. The molecule has 0 aliphatic rings. The van der Waals surface area contributed by atoms with Crippen molar-refractivity contribution in [3.8, 4) is 10.4 Å². The predicted octanol–water partition coefficient (Wildman–Crippen LogP) is 4.67. The molecule has 0 atom stereocenters. The van der Waals surface area contributed by atoms with Gasteiger partial charge in [0.25, 0.3) is 5.56 Å². The Bertz CT molecular complexity index is 1500. The van der Waals surface area contributed by atoms with Crippen LogP contribution >= 0.6 is 34.4 Å². The molecule has 5 aromatic rings. The summed E-state index contributed by atoms with van der Waals surface area (Å²) in [6.45, 7) is 0. The van der Waals surface area contributed by atoms with Gasteiger partial charge >= 0.3 is 0 Å². The van der Waals surface area contributed by atoms with E-state index in [2.05, 4.69) is 20.3 Å². The molecule has 8 nitrogen and oxygen atoms in total. The van der Waals surface area contributed by atoms with Crippen LogP contribution < -0.4 is 16.6 Å². The fourth-order valence-corrected chi connectivity index (χ4v) is 5.77. The number of nitrogens with one attached hydrogen (secondary N) is 1. The Labute approximate surface area is 199 Å². The van der Waals surface area contributed by atoms with E-state index in [1.54, 1.807) is 35.1 Å². The van der Waals surface area contributed by atoms with E-state index in [1.165, 1.54) is 35.2 Å². The first kappa shape index (κ1) is 21.5. The minimum atomic E-state index is -0.337. The summed E-state index contributed by atoms with van der Waals surface area (Å²) in [6.07, 6.45) is 0. The summed E-state index contributed by atoms with van der Waals surface area (Å²) in [7, 11) is 1.70. The van der Waals surface area contributed by atoms with Gasteiger partial charge in [0, 0.05) is 28.6 Å². The molecule has 33 heavy (non-hydrogen) atoms. The number of thioether (sulfide) groups is 1. The van der Waals surface area contributed by atoms with Crippen LogP contribution in [0.5, 0.6) is 0 Å². The highest BCUT2D eigenvalue weighted by atomic mass is 32.2. The zero-order valence-corrected chi connectivity index (χ0v) is 19.6. The maximum Gasteiger partial charge on any atom is 0.263 e. The lowest BCUT2D eigenvalue weighted by atomic mass is 10.2. The van der Waals surface area contributed by atoms with Gasteiger partial charge in [-0.1, -0.05) is 17.8 Å². The Morgan fingerprint density at radius 2 is 1.94 bits per heavy atom. The zero-order chi connectivity index (χ0) is 22.9. The number of halogens is 1. The molecule has 0 saturated carbocycles. The van der Waals surface area contributed by atoms with Gasteiger partial charge in [0.1, 0.15) is 16.5 Å². The van der Waals surface area contributed by atoms with Gasteiger partial charge in [0.15, 0.2) is 5.16 Å². The Morgan fingerprint density at radius 3 is 2.70 bits per heavy atom.